The summed E-state index contributed by atoms with van der Waals surface area (Å²) in [5, 5.41) is 0. The van der Waals surface area contributed by atoms with Gasteiger partial charge < -0.3 is 9.80 Å². The maximum absolute atomic E-state index is 13.8. The van der Waals surface area contributed by atoms with Crippen molar-refractivity contribution in [3.8, 4) is 0 Å². The number of nitrogens with zero attached hydrogens (tertiary/aromatic N) is 3. The molecule has 1 saturated carbocycles. The van der Waals surface area contributed by atoms with Crippen molar-refractivity contribution in [2.75, 3.05) is 0 Å². The van der Waals surface area contributed by atoms with Crippen LogP contribution in [-0.2, 0) is 11.2 Å². The van der Waals surface area contributed by atoms with Crippen LogP contribution < -0.4 is 0 Å². The van der Waals surface area contributed by atoms with Gasteiger partial charge in [-0.3, -0.25) is 9.59 Å². The Morgan fingerprint density at radius 1 is 1.03 bits per heavy atom. The number of carbonyl (C=O) groups is 2. The summed E-state index contributed by atoms with van der Waals surface area (Å²) >= 11 is 0. The van der Waals surface area contributed by atoms with Crippen LogP contribution in [-0.4, -0.2) is 50.8 Å². The van der Waals surface area contributed by atoms with Crippen molar-refractivity contribution >= 4 is 11.8 Å². The molecule has 3 aliphatic rings. The van der Waals surface area contributed by atoms with Crippen molar-refractivity contribution in [2.45, 2.75) is 77.0 Å². The molecule has 2 saturated heterocycles. The van der Waals surface area contributed by atoms with Crippen LogP contribution in [0, 0.1) is 12.3 Å². The minimum atomic E-state index is -0.0543. The van der Waals surface area contributed by atoms with Gasteiger partial charge in [-0.05, 0) is 56.7 Å². The van der Waals surface area contributed by atoms with E-state index in [1.165, 1.54) is 5.56 Å². The first-order valence-corrected chi connectivity index (χ1v) is 11.5. The number of hydrogen-bond acceptors (Lipinski definition) is 3. The summed E-state index contributed by atoms with van der Waals surface area (Å²) in [4.78, 5) is 35.6. The van der Waals surface area contributed by atoms with Gasteiger partial charge in [-0.15, -0.1) is 0 Å². The van der Waals surface area contributed by atoms with E-state index in [1.807, 2.05) is 43.3 Å². The van der Waals surface area contributed by atoms with E-state index < -0.39 is 0 Å². The topological polar surface area (TPSA) is 53.5 Å². The number of piperidine rings is 1. The maximum Gasteiger partial charge on any atom is 0.273 e. The van der Waals surface area contributed by atoms with Crippen molar-refractivity contribution in [3.63, 3.8) is 0 Å². The zero-order valence-electron chi connectivity index (χ0n) is 18.6. The second-order valence-electron chi connectivity index (χ2n) is 9.80. The number of amides is 2. The van der Waals surface area contributed by atoms with E-state index in [4.69, 9.17) is 0 Å². The van der Waals surface area contributed by atoms with Gasteiger partial charge in [-0.2, -0.15) is 0 Å². The molecule has 3 fully saturated rings. The quantitative estimate of drug-likeness (QED) is 0.758. The highest BCUT2D eigenvalue weighted by Crippen LogP contribution is 2.56. The Bertz CT molecular complexity index is 1010. The number of carbonyl (C=O) groups excluding carboxylic acids is 2. The summed E-state index contributed by atoms with van der Waals surface area (Å²) in [5.41, 5.74) is 2.53. The van der Waals surface area contributed by atoms with E-state index >= 15 is 0 Å². The fourth-order valence-electron chi connectivity index (χ4n) is 6.72. The first-order valence-electron chi connectivity index (χ1n) is 11.5. The van der Waals surface area contributed by atoms with Crippen LogP contribution in [0.1, 0.15) is 61.3 Å². The monoisotopic (exact) mass is 417 g/mol. The summed E-state index contributed by atoms with van der Waals surface area (Å²) in [6.45, 7) is 5.93. The lowest BCUT2D eigenvalue weighted by molar-refractivity contribution is -0.142. The average molecular weight is 418 g/mol. The first kappa shape index (κ1) is 20.2. The molecule has 31 heavy (non-hydrogen) atoms. The van der Waals surface area contributed by atoms with Crippen LogP contribution in [0.4, 0.5) is 0 Å². The third-order valence-electron chi connectivity index (χ3n) is 7.95. The number of aryl methyl sites for hydroxylation is 1. The van der Waals surface area contributed by atoms with Crippen LogP contribution in [0.3, 0.4) is 0 Å². The van der Waals surface area contributed by atoms with Gasteiger partial charge in [0.15, 0.2) is 0 Å². The van der Waals surface area contributed by atoms with Crippen LogP contribution >= 0.6 is 0 Å². The molecule has 1 aromatic carbocycles. The number of aromatic nitrogens is 1. The number of likely N-dealkylation sites (tertiary alicyclic amines) is 2. The van der Waals surface area contributed by atoms with Crippen molar-refractivity contribution in [1.82, 2.24) is 14.8 Å². The van der Waals surface area contributed by atoms with Gasteiger partial charge in [-0.1, -0.05) is 43.3 Å². The molecule has 2 bridgehead atoms. The number of pyridine rings is 1. The minimum Gasteiger partial charge on any atom is -0.334 e. The van der Waals surface area contributed by atoms with E-state index in [0.29, 0.717) is 5.69 Å². The molecule has 5 rings (SSSR count). The van der Waals surface area contributed by atoms with Gasteiger partial charge >= 0.3 is 0 Å². The fourth-order valence-corrected chi connectivity index (χ4v) is 6.72. The number of rotatable bonds is 3. The van der Waals surface area contributed by atoms with Gasteiger partial charge in [-0.25, -0.2) is 4.98 Å². The second-order valence-corrected chi connectivity index (χ2v) is 9.80. The molecule has 1 aromatic heterocycles. The Morgan fingerprint density at radius 3 is 2.42 bits per heavy atom. The first-order chi connectivity index (χ1) is 14.9. The Balaban J connectivity index is 1.59. The molecule has 5 heteroatoms. The fraction of sp³-hybridized carbons (Fsp3) is 0.500. The largest absolute Gasteiger partial charge is 0.334 e. The van der Waals surface area contributed by atoms with Gasteiger partial charge in [0.1, 0.15) is 5.69 Å². The van der Waals surface area contributed by atoms with E-state index in [-0.39, 0.29) is 41.4 Å². The van der Waals surface area contributed by atoms with Crippen molar-refractivity contribution in [3.05, 3.63) is 65.5 Å². The van der Waals surface area contributed by atoms with Crippen molar-refractivity contribution in [2.24, 2.45) is 5.41 Å². The van der Waals surface area contributed by atoms with Crippen molar-refractivity contribution in [1.29, 1.82) is 0 Å². The summed E-state index contributed by atoms with van der Waals surface area (Å²) in [6.07, 6.45) is 4.81. The SMILES string of the molecule is CC(=O)N1[C@@H](Cc2ccccc2)[C@@H]2C[C@@]3(C)[C@H](CCC[C@@H]13)N2C(=O)c1cccc(C)n1. The molecule has 2 amide bonds. The molecule has 2 aromatic rings. The predicted octanol–water partition coefficient (Wildman–Crippen LogP) is 4.01. The van der Waals surface area contributed by atoms with Crippen LogP contribution in [0.25, 0.3) is 0 Å². The molecule has 162 valence electrons. The minimum absolute atomic E-state index is 0.00478. The lowest BCUT2D eigenvalue weighted by Crippen LogP contribution is -2.62. The van der Waals surface area contributed by atoms with Gasteiger partial charge in [0, 0.05) is 30.1 Å². The average Bonchev–Trinajstić information content (AvgIpc) is 3.06. The van der Waals surface area contributed by atoms with Gasteiger partial charge in [0.25, 0.3) is 5.91 Å². The predicted molar refractivity (Wildman–Crippen MR) is 120 cm³/mol. The molecule has 0 unspecified atom stereocenters. The molecular weight excluding hydrogens is 386 g/mol. The van der Waals surface area contributed by atoms with Gasteiger partial charge in [0.05, 0.1) is 12.1 Å². The molecular formula is C26H31N3O2. The van der Waals surface area contributed by atoms with Crippen molar-refractivity contribution < 1.29 is 9.59 Å². The van der Waals surface area contributed by atoms with E-state index in [2.05, 4.69) is 33.8 Å². The van der Waals surface area contributed by atoms with E-state index in [0.717, 1.165) is 37.8 Å². The molecule has 2 aliphatic heterocycles. The Hall–Kier alpha value is -2.69. The normalized spacial score (nSPS) is 31.6. The van der Waals surface area contributed by atoms with Crippen LogP contribution in [0.5, 0.6) is 0 Å². The highest BCUT2D eigenvalue weighted by molar-refractivity contribution is 5.93. The summed E-state index contributed by atoms with van der Waals surface area (Å²) in [5.74, 6) is 0.150. The molecule has 0 radical (unpaired) electrons. The maximum atomic E-state index is 13.8. The van der Waals surface area contributed by atoms with Crippen LogP contribution in [0.15, 0.2) is 48.5 Å². The molecule has 1 aliphatic carbocycles. The summed E-state index contributed by atoms with van der Waals surface area (Å²) < 4.78 is 0. The third kappa shape index (κ3) is 3.17. The smallest absolute Gasteiger partial charge is 0.273 e. The molecule has 5 atom stereocenters. The van der Waals surface area contributed by atoms with Gasteiger partial charge in [0.2, 0.25) is 5.91 Å². The standard InChI is InChI=1S/C26H31N3O2/c1-17-9-7-12-20(27-17)25(31)29-22-16-26(3)23(13-8-14-24(26)29)28(18(2)30)21(22)15-19-10-5-4-6-11-19/h4-7,9-12,21-24H,8,13-16H2,1-3H3/t21-,22-,23+,24-,26+/m0/s1. The van der Waals surface area contributed by atoms with E-state index in [1.54, 1.807) is 6.92 Å². The lowest BCUT2D eigenvalue weighted by Gasteiger charge is -2.52. The molecule has 0 spiro atoms. The summed E-state index contributed by atoms with van der Waals surface area (Å²) in [7, 11) is 0. The highest BCUT2D eigenvalue weighted by atomic mass is 16.2. The Kier molecular flexibility index (Phi) is 4.87. The number of benzene rings is 1. The zero-order chi connectivity index (χ0) is 21.8. The molecule has 5 nitrogen and oxygen atoms in total. The number of fused-ring (bicyclic) bond motifs is 1. The Morgan fingerprint density at radius 2 is 1.74 bits per heavy atom. The molecule has 0 N–H and O–H groups in total. The second kappa shape index (κ2) is 7.47. The lowest BCUT2D eigenvalue weighted by atomic mass is 9.64. The number of hydrogen-bond donors (Lipinski definition) is 0. The highest BCUT2D eigenvalue weighted by Gasteiger charge is 2.64. The van der Waals surface area contributed by atoms with Crippen LogP contribution in [0.2, 0.25) is 0 Å². The molecule has 3 heterocycles. The van der Waals surface area contributed by atoms with E-state index in [9.17, 15) is 9.59 Å². The summed E-state index contributed by atoms with van der Waals surface area (Å²) in [6, 6.07) is 16.4. The third-order valence-corrected chi connectivity index (χ3v) is 7.95. The zero-order valence-corrected chi connectivity index (χ0v) is 18.6. The Labute approximate surface area is 184 Å².